The highest BCUT2D eigenvalue weighted by Crippen LogP contribution is 2.73. The number of allylic oxidation sites excluding steroid dienone is 2. The molecule has 3 saturated carbocycles. The van der Waals surface area contributed by atoms with Gasteiger partial charge in [0.05, 0.1) is 6.10 Å². The third-order valence-corrected chi connectivity index (χ3v) is 14.6. The number of nitrogens with zero attached hydrogens (tertiary/aromatic N) is 1. The summed E-state index contributed by atoms with van der Waals surface area (Å²) in [5.74, 6) is 2.50. The molecular weight excluding hydrogens is 500 g/mol. The molecule has 0 amide bonds. The van der Waals surface area contributed by atoms with Gasteiger partial charge < -0.3 is 10.8 Å². The Labute approximate surface area is 251 Å². The second-order valence-corrected chi connectivity index (χ2v) is 17.1. The van der Waals surface area contributed by atoms with E-state index in [2.05, 4.69) is 83.7 Å². The van der Waals surface area contributed by atoms with Gasteiger partial charge in [0.1, 0.15) is 0 Å². The summed E-state index contributed by atoms with van der Waals surface area (Å²) in [6, 6.07) is 11.5. The number of piperidine rings is 1. The maximum atomic E-state index is 11.6. The van der Waals surface area contributed by atoms with Crippen molar-refractivity contribution in [1.29, 1.82) is 0 Å². The Hall–Kier alpha value is -1.16. The number of hydrogen-bond acceptors (Lipinski definition) is 3. The molecule has 1 aromatic carbocycles. The van der Waals surface area contributed by atoms with E-state index in [0.29, 0.717) is 34.1 Å². The zero-order valence-electron chi connectivity index (χ0n) is 27.4. The summed E-state index contributed by atoms with van der Waals surface area (Å²) >= 11 is 0. The number of rotatable bonds is 4. The highest BCUT2D eigenvalue weighted by Gasteiger charge is 2.65. The van der Waals surface area contributed by atoms with Gasteiger partial charge in [0.25, 0.3) is 0 Å². The van der Waals surface area contributed by atoms with Crippen LogP contribution >= 0.6 is 0 Å². The number of aliphatic hydroxyl groups is 1. The molecule has 1 saturated heterocycles. The van der Waals surface area contributed by atoms with Crippen molar-refractivity contribution >= 4 is 0 Å². The van der Waals surface area contributed by atoms with Crippen LogP contribution in [0, 0.1) is 45.3 Å². The van der Waals surface area contributed by atoms with Crippen molar-refractivity contribution in [2.45, 2.75) is 137 Å². The number of benzene rings is 1. The van der Waals surface area contributed by atoms with Crippen LogP contribution in [0.4, 0.5) is 0 Å². The van der Waals surface area contributed by atoms with Crippen LogP contribution in [-0.2, 0) is 6.54 Å². The normalized spacial score (nSPS) is 47.7. The van der Waals surface area contributed by atoms with Crippen LogP contribution in [0.15, 0.2) is 41.5 Å². The Morgan fingerprint density at radius 3 is 2.49 bits per heavy atom. The fraction of sp³-hybridized carbons (Fsp3) is 0.789. The van der Waals surface area contributed by atoms with Crippen molar-refractivity contribution in [1.82, 2.24) is 4.90 Å². The number of fused-ring (bicyclic) bond motifs is 5. The zero-order chi connectivity index (χ0) is 29.4. The van der Waals surface area contributed by atoms with Crippen LogP contribution in [0.5, 0.6) is 0 Å². The van der Waals surface area contributed by atoms with E-state index in [4.69, 9.17) is 5.73 Å². The van der Waals surface area contributed by atoms with Crippen molar-refractivity contribution in [3.8, 4) is 0 Å². The molecule has 4 fully saturated rings. The van der Waals surface area contributed by atoms with E-state index in [1.165, 1.54) is 63.4 Å². The van der Waals surface area contributed by atoms with E-state index in [-0.39, 0.29) is 17.6 Å². The third kappa shape index (κ3) is 4.80. The van der Waals surface area contributed by atoms with Crippen LogP contribution in [0.25, 0.3) is 0 Å². The summed E-state index contributed by atoms with van der Waals surface area (Å²) in [5, 5.41) is 11.6. The molecule has 3 heteroatoms. The first-order chi connectivity index (χ1) is 19.3. The minimum absolute atomic E-state index is 0.207. The molecule has 0 unspecified atom stereocenters. The fourth-order valence-corrected chi connectivity index (χ4v) is 11.9. The van der Waals surface area contributed by atoms with Crippen molar-refractivity contribution in [2.75, 3.05) is 6.54 Å². The second-order valence-electron chi connectivity index (χ2n) is 17.1. The van der Waals surface area contributed by atoms with Crippen molar-refractivity contribution < 1.29 is 5.11 Å². The molecule has 1 heterocycles. The lowest BCUT2D eigenvalue weighted by atomic mass is 9.42. The SMILES string of the molecule is CC1=C2C[C@H]3[C@@](C)(CC[C@]4(C)C[C@H](N)CC[C@]34C)[C@@H]2CC[C@@](C)([C@H](C)[C@H]2[C@H](O)C[C@H](C)CN2Cc2ccccc2)C1. The summed E-state index contributed by atoms with van der Waals surface area (Å²) < 4.78 is 0. The van der Waals surface area contributed by atoms with Gasteiger partial charge in [-0.05, 0) is 122 Å². The average molecular weight is 561 g/mol. The Bertz CT molecular complexity index is 1150. The number of aliphatic hydroxyl groups excluding tert-OH is 1. The third-order valence-electron chi connectivity index (χ3n) is 14.6. The van der Waals surface area contributed by atoms with Gasteiger partial charge in [0.2, 0.25) is 0 Å². The van der Waals surface area contributed by atoms with Crippen LogP contribution in [0.2, 0.25) is 0 Å². The topological polar surface area (TPSA) is 49.5 Å². The molecule has 3 nitrogen and oxygen atoms in total. The standard InChI is InChI=1S/C38H60N2O/c1-25-19-32(41)34(40(23-25)24-28-11-9-8-10-12-28)27(3)35(4)15-14-31-30(26(2)21-35)20-33-37(31,6)18-17-36(5)22-29(39)13-16-38(33,36)7/h8-12,25,27,29,31-34,41H,13-24,39H2,1-7H3/t25-,27+,29+,31+,32+,33-,34-,35+,36+,37-,38+/m0/s1. The van der Waals surface area contributed by atoms with Crippen LogP contribution in [-0.4, -0.2) is 34.7 Å². The van der Waals surface area contributed by atoms with Crippen molar-refractivity contribution in [2.24, 2.45) is 51.1 Å². The summed E-state index contributed by atoms with van der Waals surface area (Å²) in [7, 11) is 0. The Balaban J connectivity index is 1.28. The molecular formula is C38H60N2O. The van der Waals surface area contributed by atoms with Gasteiger partial charge in [-0.1, -0.05) is 83.0 Å². The van der Waals surface area contributed by atoms with Crippen LogP contribution < -0.4 is 5.73 Å². The quantitative estimate of drug-likeness (QED) is 0.364. The predicted octanol–water partition coefficient (Wildman–Crippen LogP) is 8.36. The molecule has 1 aliphatic heterocycles. The van der Waals surface area contributed by atoms with Gasteiger partial charge in [-0.3, -0.25) is 4.90 Å². The molecule has 11 atom stereocenters. The maximum absolute atomic E-state index is 11.6. The Morgan fingerprint density at radius 1 is 1.02 bits per heavy atom. The smallest absolute Gasteiger partial charge is 0.0701 e. The van der Waals surface area contributed by atoms with E-state index < -0.39 is 0 Å². The van der Waals surface area contributed by atoms with Crippen molar-refractivity contribution in [3.63, 3.8) is 0 Å². The van der Waals surface area contributed by atoms with E-state index in [1.807, 2.05) is 5.57 Å². The lowest BCUT2D eigenvalue weighted by Crippen LogP contribution is -2.57. The molecule has 0 radical (unpaired) electrons. The van der Waals surface area contributed by atoms with E-state index in [9.17, 15) is 5.11 Å². The summed E-state index contributed by atoms with van der Waals surface area (Å²) in [6.45, 7) is 19.9. The lowest BCUT2D eigenvalue weighted by Gasteiger charge is -2.63. The van der Waals surface area contributed by atoms with Gasteiger partial charge in [-0.25, -0.2) is 0 Å². The molecule has 0 bridgehead atoms. The summed E-state index contributed by atoms with van der Waals surface area (Å²) in [6.07, 6.45) is 12.3. The molecule has 41 heavy (non-hydrogen) atoms. The predicted molar refractivity (Wildman–Crippen MR) is 171 cm³/mol. The minimum atomic E-state index is -0.249. The first-order valence-electron chi connectivity index (χ1n) is 17.2. The van der Waals surface area contributed by atoms with Gasteiger partial charge in [0, 0.05) is 25.2 Å². The minimum Gasteiger partial charge on any atom is -0.391 e. The summed E-state index contributed by atoms with van der Waals surface area (Å²) in [4.78, 5) is 2.65. The van der Waals surface area contributed by atoms with Gasteiger partial charge in [0.15, 0.2) is 0 Å². The van der Waals surface area contributed by atoms with E-state index in [1.54, 1.807) is 5.57 Å². The molecule has 3 N–H and O–H groups in total. The molecule has 1 aromatic rings. The lowest BCUT2D eigenvalue weighted by molar-refractivity contribution is -0.138. The number of hydrogen-bond donors (Lipinski definition) is 2. The maximum Gasteiger partial charge on any atom is 0.0701 e. The largest absolute Gasteiger partial charge is 0.391 e. The van der Waals surface area contributed by atoms with Crippen LogP contribution in [0.3, 0.4) is 0 Å². The Kier molecular flexibility index (Phi) is 7.64. The molecule has 228 valence electrons. The molecule has 6 rings (SSSR count). The average Bonchev–Trinajstić information content (AvgIpc) is 3.14. The highest BCUT2D eigenvalue weighted by molar-refractivity contribution is 5.31. The molecule has 0 spiro atoms. The van der Waals surface area contributed by atoms with E-state index in [0.717, 1.165) is 31.3 Å². The first kappa shape index (κ1) is 29.9. The number of likely N-dealkylation sites (tertiary alicyclic amines) is 1. The first-order valence-corrected chi connectivity index (χ1v) is 17.2. The van der Waals surface area contributed by atoms with Gasteiger partial charge in [-0.2, -0.15) is 0 Å². The van der Waals surface area contributed by atoms with Crippen LogP contribution in [0.1, 0.15) is 118 Å². The highest BCUT2D eigenvalue weighted by atomic mass is 16.3. The summed E-state index contributed by atoms with van der Waals surface area (Å²) in [5.41, 5.74) is 12.9. The Morgan fingerprint density at radius 2 is 1.76 bits per heavy atom. The molecule has 5 aliphatic rings. The monoisotopic (exact) mass is 560 g/mol. The molecule has 4 aliphatic carbocycles. The molecule has 0 aromatic heterocycles. The van der Waals surface area contributed by atoms with Gasteiger partial charge >= 0.3 is 0 Å². The fourth-order valence-electron chi connectivity index (χ4n) is 11.9. The second kappa shape index (κ2) is 10.5. The number of nitrogens with two attached hydrogens (primary N) is 1. The van der Waals surface area contributed by atoms with E-state index >= 15 is 0 Å². The van der Waals surface area contributed by atoms with Gasteiger partial charge in [-0.15, -0.1) is 0 Å². The zero-order valence-corrected chi connectivity index (χ0v) is 27.4. The van der Waals surface area contributed by atoms with Crippen molar-refractivity contribution in [3.05, 3.63) is 47.0 Å².